The third-order valence-electron chi connectivity index (χ3n) is 7.22. The number of fused-ring (bicyclic) bond motifs is 3. The molecule has 8 heteroatoms. The van der Waals surface area contributed by atoms with Crippen molar-refractivity contribution in [3.05, 3.63) is 33.9 Å². The van der Waals surface area contributed by atoms with Gasteiger partial charge in [0.2, 0.25) is 11.9 Å². The van der Waals surface area contributed by atoms with Crippen LogP contribution in [0.2, 0.25) is 0 Å². The van der Waals surface area contributed by atoms with Crippen molar-refractivity contribution >= 4 is 11.9 Å². The van der Waals surface area contributed by atoms with Gasteiger partial charge in [0.25, 0.3) is 5.56 Å². The number of piperidine rings is 2. The number of carbonyl (C=O) groups is 1. The topological polar surface area (TPSA) is 84.2 Å². The van der Waals surface area contributed by atoms with Crippen molar-refractivity contribution in [2.75, 3.05) is 18.0 Å². The van der Waals surface area contributed by atoms with Crippen molar-refractivity contribution in [2.45, 2.75) is 83.8 Å². The summed E-state index contributed by atoms with van der Waals surface area (Å²) in [6.07, 6.45) is 10.1. The molecule has 5 rings (SSSR count). The molecule has 170 valence electrons. The first kappa shape index (κ1) is 21.1. The predicted molar refractivity (Wildman–Crippen MR) is 123 cm³/mol. The number of rotatable bonds is 3. The van der Waals surface area contributed by atoms with Crippen LogP contribution in [0, 0.1) is 0 Å². The molecule has 0 aromatic carbocycles. The summed E-state index contributed by atoms with van der Waals surface area (Å²) in [7, 11) is 0. The molecule has 2 aromatic heterocycles. The summed E-state index contributed by atoms with van der Waals surface area (Å²) in [6, 6.07) is 2.03. The first-order valence-electron chi connectivity index (χ1n) is 12.0. The van der Waals surface area contributed by atoms with E-state index in [1.165, 1.54) is 23.9 Å². The Morgan fingerprint density at radius 1 is 1.06 bits per heavy atom. The van der Waals surface area contributed by atoms with Crippen molar-refractivity contribution in [1.82, 2.24) is 24.6 Å². The second-order valence-electron chi connectivity index (χ2n) is 9.52. The van der Waals surface area contributed by atoms with Crippen LogP contribution in [0.1, 0.15) is 63.6 Å². The van der Waals surface area contributed by atoms with Gasteiger partial charge in [-0.25, -0.2) is 14.6 Å². The Morgan fingerprint density at radius 2 is 1.81 bits per heavy atom. The van der Waals surface area contributed by atoms with Crippen LogP contribution < -0.4 is 10.5 Å². The average Bonchev–Trinajstić information content (AvgIpc) is 2.79. The van der Waals surface area contributed by atoms with Crippen LogP contribution in [0.4, 0.5) is 5.95 Å². The largest absolute Gasteiger partial charge is 0.341 e. The molecular weight excluding hydrogens is 404 g/mol. The first-order chi connectivity index (χ1) is 15.5. The summed E-state index contributed by atoms with van der Waals surface area (Å²) in [5.74, 6) is 0.760. The predicted octanol–water partition coefficient (Wildman–Crippen LogP) is 2.58. The van der Waals surface area contributed by atoms with Gasteiger partial charge in [0.1, 0.15) is 6.54 Å². The normalized spacial score (nSPS) is 22.9. The highest BCUT2D eigenvalue weighted by molar-refractivity contribution is 5.77. The van der Waals surface area contributed by atoms with E-state index in [1.807, 2.05) is 11.1 Å². The van der Waals surface area contributed by atoms with Crippen molar-refractivity contribution < 1.29 is 4.79 Å². The molecule has 32 heavy (non-hydrogen) atoms. The molecule has 1 aliphatic carbocycles. The lowest BCUT2D eigenvalue weighted by molar-refractivity contribution is -0.138. The lowest BCUT2D eigenvalue weighted by atomic mass is 9.94. The fourth-order valence-corrected chi connectivity index (χ4v) is 5.47. The number of amides is 1. The molecule has 0 spiro atoms. The molecule has 0 saturated carbocycles. The Kier molecular flexibility index (Phi) is 5.69. The molecular formula is C24H32N6O2. The number of hydrogen-bond acceptors (Lipinski definition) is 6. The molecule has 3 aliphatic rings. The van der Waals surface area contributed by atoms with Crippen LogP contribution >= 0.6 is 0 Å². The minimum atomic E-state index is -0.219. The summed E-state index contributed by atoms with van der Waals surface area (Å²) in [6.45, 7) is 6.16. The smallest absolute Gasteiger partial charge is 0.267 e. The van der Waals surface area contributed by atoms with Gasteiger partial charge in [-0.2, -0.15) is 5.10 Å². The Balaban J connectivity index is 1.43. The van der Waals surface area contributed by atoms with Gasteiger partial charge < -0.3 is 9.80 Å². The highest BCUT2D eigenvalue weighted by Crippen LogP contribution is 2.31. The van der Waals surface area contributed by atoms with Crippen LogP contribution in [0.5, 0.6) is 0 Å². The molecule has 2 aliphatic heterocycles. The summed E-state index contributed by atoms with van der Waals surface area (Å²) in [5, 5.41) is 4.64. The van der Waals surface area contributed by atoms with Crippen molar-refractivity contribution in [3.8, 4) is 11.3 Å². The van der Waals surface area contributed by atoms with Crippen molar-refractivity contribution in [2.24, 2.45) is 0 Å². The zero-order chi connectivity index (χ0) is 22.2. The van der Waals surface area contributed by atoms with Crippen LogP contribution in [0.3, 0.4) is 0 Å². The monoisotopic (exact) mass is 436 g/mol. The van der Waals surface area contributed by atoms with Crippen molar-refractivity contribution in [3.63, 3.8) is 0 Å². The van der Waals surface area contributed by atoms with Gasteiger partial charge in [0.05, 0.1) is 11.4 Å². The molecule has 2 atom stereocenters. The number of aryl methyl sites for hydroxylation is 2. The van der Waals surface area contributed by atoms with Gasteiger partial charge in [-0.05, 0) is 70.8 Å². The van der Waals surface area contributed by atoms with Gasteiger partial charge in [0, 0.05) is 43.0 Å². The van der Waals surface area contributed by atoms with E-state index in [0.717, 1.165) is 73.7 Å². The SMILES string of the molecule is C[C@H]1CCC[C@H](C)N1C(=O)Cn1nc2c(cc1=O)CCc1nc(N3CCCCC3)ncc1-2. The minimum absolute atomic E-state index is 0.0250. The lowest BCUT2D eigenvalue weighted by Gasteiger charge is -2.39. The Hall–Kier alpha value is -2.77. The molecule has 0 radical (unpaired) electrons. The highest BCUT2D eigenvalue weighted by Gasteiger charge is 2.30. The van der Waals surface area contributed by atoms with Crippen LogP contribution in [-0.4, -0.2) is 55.7 Å². The molecule has 4 heterocycles. The van der Waals surface area contributed by atoms with E-state index in [0.29, 0.717) is 0 Å². The minimum Gasteiger partial charge on any atom is -0.341 e. The Labute approximate surface area is 188 Å². The third kappa shape index (κ3) is 3.91. The number of hydrogen-bond donors (Lipinski definition) is 0. The van der Waals surface area contributed by atoms with Gasteiger partial charge in [0.15, 0.2) is 0 Å². The Bertz CT molecular complexity index is 1060. The fraction of sp³-hybridized carbons (Fsp3) is 0.625. The van der Waals surface area contributed by atoms with E-state index in [9.17, 15) is 9.59 Å². The maximum Gasteiger partial charge on any atom is 0.267 e. The summed E-state index contributed by atoms with van der Waals surface area (Å²) in [4.78, 5) is 39.5. The summed E-state index contributed by atoms with van der Waals surface area (Å²) >= 11 is 0. The molecule has 1 amide bonds. The standard InChI is InChI=1S/C24H32N6O2/c1-16-7-6-8-17(2)30(16)22(32)15-29-21(31)13-18-9-10-20-19(23(18)27-29)14-25-24(26-20)28-11-4-3-5-12-28/h13-14,16-17H,3-12,15H2,1-2H3/t16-,17-/m0/s1. The molecule has 2 saturated heterocycles. The van der Waals surface area contributed by atoms with Crippen LogP contribution in [0.25, 0.3) is 11.3 Å². The maximum absolute atomic E-state index is 13.1. The number of likely N-dealkylation sites (tertiary alicyclic amines) is 1. The molecule has 0 bridgehead atoms. The third-order valence-corrected chi connectivity index (χ3v) is 7.22. The molecule has 2 aromatic rings. The van der Waals surface area contributed by atoms with Gasteiger partial charge >= 0.3 is 0 Å². The second-order valence-corrected chi connectivity index (χ2v) is 9.52. The van der Waals surface area contributed by atoms with E-state index in [-0.39, 0.29) is 30.1 Å². The maximum atomic E-state index is 13.1. The molecule has 8 nitrogen and oxygen atoms in total. The lowest BCUT2D eigenvalue weighted by Crippen LogP contribution is -2.49. The fourth-order valence-electron chi connectivity index (χ4n) is 5.47. The number of nitrogens with zero attached hydrogens (tertiary/aromatic N) is 6. The molecule has 0 unspecified atom stereocenters. The van der Waals surface area contributed by atoms with Crippen LogP contribution in [0.15, 0.2) is 17.1 Å². The van der Waals surface area contributed by atoms with E-state index < -0.39 is 0 Å². The second kappa shape index (κ2) is 8.64. The number of aromatic nitrogens is 4. The highest BCUT2D eigenvalue weighted by atomic mass is 16.2. The number of anilines is 1. The summed E-state index contributed by atoms with van der Waals surface area (Å²) in [5.41, 5.74) is 3.30. The zero-order valence-electron chi connectivity index (χ0n) is 19.1. The Morgan fingerprint density at radius 3 is 2.56 bits per heavy atom. The van der Waals surface area contributed by atoms with Gasteiger partial charge in [-0.1, -0.05) is 0 Å². The molecule has 0 N–H and O–H groups in total. The van der Waals surface area contributed by atoms with Gasteiger partial charge in [-0.3, -0.25) is 9.59 Å². The quantitative estimate of drug-likeness (QED) is 0.735. The van der Waals surface area contributed by atoms with Crippen molar-refractivity contribution in [1.29, 1.82) is 0 Å². The number of carbonyl (C=O) groups excluding carboxylic acids is 1. The van der Waals surface area contributed by atoms with E-state index in [1.54, 1.807) is 6.07 Å². The molecule has 2 fully saturated rings. The van der Waals surface area contributed by atoms with E-state index in [4.69, 9.17) is 4.98 Å². The average molecular weight is 437 g/mol. The first-order valence-corrected chi connectivity index (χ1v) is 12.0. The van der Waals surface area contributed by atoms with Gasteiger partial charge in [-0.15, -0.1) is 0 Å². The zero-order valence-corrected chi connectivity index (χ0v) is 19.1. The summed E-state index contributed by atoms with van der Waals surface area (Å²) < 4.78 is 1.32. The van der Waals surface area contributed by atoms with E-state index in [2.05, 4.69) is 28.8 Å². The van der Waals surface area contributed by atoms with E-state index >= 15 is 0 Å². The van der Waals surface area contributed by atoms with Crippen LogP contribution in [-0.2, 0) is 24.2 Å².